The molecule has 1 amide bonds. The minimum absolute atomic E-state index is 0.0155. The summed E-state index contributed by atoms with van der Waals surface area (Å²) in [6.07, 6.45) is -4.71. The molecule has 0 fully saturated rings. The Morgan fingerprint density at radius 2 is 1.47 bits per heavy atom. The summed E-state index contributed by atoms with van der Waals surface area (Å²) in [5.74, 6) is -5.39. The van der Waals surface area contributed by atoms with E-state index in [4.69, 9.17) is 11.6 Å². The lowest BCUT2D eigenvalue weighted by molar-refractivity contribution is -0.178. The van der Waals surface area contributed by atoms with Gasteiger partial charge in [0.25, 0.3) is 0 Å². The molecule has 2 aromatic rings. The molecule has 0 saturated heterocycles. The van der Waals surface area contributed by atoms with Crippen molar-refractivity contribution in [2.24, 2.45) is 11.8 Å². The van der Waals surface area contributed by atoms with Gasteiger partial charge in [-0.2, -0.15) is 13.2 Å². The van der Waals surface area contributed by atoms with Crippen molar-refractivity contribution in [3.8, 4) is 0 Å². The van der Waals surface area contributed by atoms with Gasteiger partial charge >= 0.3 is 12.1 Å². The molecule has 0 spiro atoms. The van der Waals surface area contributed by atoms with E-state index in [0.717, 1.165) is 12.5 Å². The van der Waals surface area contributed by atoms with Crippen LogP contribution >= 0.6 is 11.6 Å². The summed E-state index contributed by atoms with van der Waals surface area (Å²) in [6, 6.07) is 11.3. The minimum atomic E-state index is -4.59. The van der Waals surface area contributed by atoms with Gasteiger partial charge in [-0.1, -0.05) is 76.6 Å². The maximum Gasteiger partial charge on any atom is 0.392 e. The van der Waals surface area contributed by atoms with Crippen LogP contribution in [0.2, 0.25) is 5.02 Å². The molecule has 0 aliphatic rings. The van der Waals surface area contributed by atoms with E-state index >= 15 is 0 Å². The number of carboxylic acids is 1. The van der Waals surface area contributed by atoms with Crippen LogP contribution in [-0.2, 0) is 9.59 Å². The average molecular weight is 498 g/mol. The van der Waals surface area contributed by atoms with Crippen LogP contribution in [0, 0.1) is 11.8 Å². The van der Waals surface area contributed by atoms with E-state index in [1.54, 1.807) is 36.4 Å². The van der Waals surface area contributed by atoms with Crippen LogP contribution in [0.5, 0.6) is 0 Å². The molecule has 0 aliphatic heterocycles. The summed E-state index contributed by atoms with van der Waals surface area (Å²) in [5, 5.41) is 12.0. The second-order valence-corrected chi connectivity index (χ2v) is 9.71. The van der Waals surface area contributed by atoms with Gasteiger partial charge in [-0.05, 0) is 46.6 Å². The molecule has 1 unspecified atom stereocenters. The van der Waals surface area contributed by atoms with E-state index in [1.807, 2.05) is 27.7 Å². The molecule has 0 aliphatic carbocycles. The number of hydrogen-bond acceptors (Lipinski definition) is 2. The summed E-state index contributed by atoms with van der Waals surface area (Å²) >= 11 is 6.25. The van der Waals surface area contributed by atoms with Crippen molar-refractivity contribution in [1.82, 2.24) is 0 Å². The Kier molecular flexibility index (Phi) is 9.17. The van der Waals surface area contributed by atoms with Crippen molar-refractivity contribution >= 4 is 29.2 Å². The molecular formula is C26H31ClF3NO3. The standard InChI is InChI=1S/C26H31ClF3NO3/c1-14(2)17-6-8-18(9-7-17)24(16(5)26(28,29)30)25(34)31-22-12-19(10-11-21(22)27)20(15(3)4)13-23(32)33/h6-12,14-16,20,24H,13H2,1-5H3,(H,31,34)(H,32,33)/t16-,20?,24+/m1/s1. The second-order valence-electron chi connectivity index (χ2n) is 9.31. The molecule has 4 nitrogen and oxygen atoms in total. The number of carboxylic acid groups (broad SMARTS) is 1. The number of carbonyl (C=O) groups excluding carboxylic acids is 1. The molecule has 0 heterocycles. The van der Waals surface area contributed by atoms with Gasteiger partial charge in [0.05, 0.1) is 29.0 Å². The second kappa shape index (κ2) is 11.3. The number of aliphatic carboxylic acids is 1. The highest BCUT2D eigenvalue weighted by atomic mass is 35.5. The van der Waals surface area contributed by atoms with Crippen molar-refractivity contribution in [3.05, 3.63) is 64.2 Å². The molecular weight excluding hydrogens is 467 g/mol. The minimum Gasteiger partial charge on any atom is -0.481 e. The summed E-state index contributed by atoms with van der Waals surface area (Å²) < 4.78 is 41.1. The fraction of sp³-hybridized carbons (Fsp3) is 0.462. The fourth-order valence-corrected chi connectivity index (χ4v) is 4.12. The highest BCUT2D eigenvalue weighted by Crippen LogP contribution is 2.39. The molecule has 0 radical (unpaired) electrons. The van der Waals surface area contributed by atoms with E-state index in [0.29, 0.717) is 5.56 Å². The number of nitrogens with one attached hydrogen (secondary N) is 1. The normalized spacial score (nSPS) is 14.7. The van der Waals surface area contributed by atoms with Crippen LogP contribution in [-0.4, -0.2) is 23.2 Å². The molecule has 0 saturated carbocycles. The van der Waals surface area contributed by atoms with Gasteiger partial charge in [0.1, 0.15) is 0 Å². The SMILES string of the molecule is CC(C)c1ccc([C@@H](C(=O)Nc2cc(C(CC(=O)O)C(C)C)ccc2Cl)[C@@H](C)C(F)(F)F)cc1. The third-order valence-corrected chi connectivity index (χ3v) is 6.47. The molecule has 186 valence electrons. The zero-order valence-corrected chi connectivity index (χ0v) is 20.7. The quantitative estimate of drug-likeness (QED) is 0.375. The van der Waals surface area contributed by atoms with Gasteiger partial charge in [0.2, 0.25) is 5.91 Å². The molecule has 8 heteroatoms. The zero-order chi connectivity index (χ0) is 25.8. The molecule has 0 bridgehead atoms. The first kappa shape index (κ1) is 27.7. The van der Waals surface area contributed by atoms with Crippen LogP contribution in [0.4, 0.5) is 18.9 Å². The largest absolute Gasteiger partial charge is 0.481 e. The van der Waals surface area contributed by atoms with Crippen LogP contribution in [0.25, 0.3) is 0 Å². The summed E-state index contributed by atoms with van der Waals surface area (Å²) in [6.45, 7) is 8.69. The van der Waals surface area contributed by atoms with E-state index < -0.39 is 29.9 Å². The number of rotatable bonds is 9. The number of anilines is 1. The Labute approximate surface area is 203 Å². The maximum atomic E-state index is 13.7. The fourth-order valence-electron chi connectivity index (χ4n) is 3.95. The lowest BCUT2D eigenvalue weighted by Crippen LogP contribution is -2.34. The number of amides is 1. The van der Waals surface area contributed by atoms with Gasteiger partial charge in [-0.3, -0.25) is 9.59 Å². The highest BCUT2D eigenvalue weighted by Gasteiger charge is 2.45. The number of alkyl halides is 3. The average Bonchev–Trinajstić information content (AvgIpc) is 2.73. The summed E-state index contributed by atoms with van der Waals surface area (Å²) in [5.41, 5.74) is 2.00. The first-order chi connectivity index (χ1) is 15.7. The Morgan fingerprint density at radius 1 is 0.941 bits per heavy atom. The molecule has 34 heavy (non-hydrogen) atoms. The molecule has 2 rings (SSSR count). The third-order valence-electron chi connectivity index (χ3n) is 6.14. The topological polar surface area (TPSA) is 66.4 Å². The molecule has 2 aromatic carbocycles. The van der Waals surface area contributed by atoms with Crippen molar-refractivity contribution in [1.29, 1.82) is 0 Å². The first-order valence-corrected chi connectivity index (χ1v) is 11.6. The molecule has 3 atom stereocenters. The van der Waals surface area contributed by atoms with Crippen LogP contribution in [0.3, 0.4) is 0 Å². The Balaban J connectivity index is 2.44. The maximum absolute atomic E-state index is 13.7. The lowest BCUT2D eigenvalue weighted by atomic mass is 9.84. The molecule has 2 N–H and O–H groups in total. The number of benzene rings is 2. The van der Waals surface area contributed by atoms with Crippen molar-refractivity contribution < 1.29 is 27.9 Å². The smallest absolute Gasteiger partial charge is 0.392 e. The Hall–Kier alpha value is -2.54. The summed E-state index contributed by atoms with van der Waals surface area (Å²) in [4.78, 5) is 24.5. The highest BCUT2D eigenvalue weighted by molar-refractivity contribution is 6.33. The van der Waals surface area contributed by atoms with Crippen LogP contribution in [0.1, 0.15) is 75.5 Å². The lowest BCUT2D eigenvalue weighted by Gasteiger charge is -2.27. The first-order valence-electron chi connectivity index (χ1n) is 11.2. The van der Waals surface area contributed by atoms with E-state index in [-0.39, 0.29) is 40.4 Å². The predicted octanol–water partition coefficient (Wildman–Crippen LogP) is 7.60. The van der Waals surface area contributed by atoms with Gasteiger partial charge in [0, 0.05) is 0 Å². The predicted molar refractivity (Wildman–Crippen MR) is 128 cm³/mol. The molecule has 0 aromatic heterocycles. The van der Waals surface area contributed by atoms with Gasteiger partial charge in [-0.25, -0.2) is 0 Å². The number of halogens is 4. The monoisotopic (exact) mass is 497 g/mol. The van der Waals surface area contributed by atoms with Crippen molar-refractivity contribution in [2.45, 2.75) is 65.0 Å². The third kappa shape index (κ3) is 6.98. The summed E-state index contributed by atoms with van der Waals surface area (Å²) in [7, 11) is 0. The van der Waals surface area contributed by atoms with Crippen molar-refractivity contribution in [2.75, 3.05) is 5.32 Å². The van der Waals surface area contributed by atoms with Crippen molar-refractivity contribution in [3.63, 3.8) is 0 Å². The van der Waals surface area contributed by atoms with E-state index in [1.165, 1.54) is 6.07 Å². The van der Waals surface area contributed by atoms with Gasteiger partial charge < -0.3 is 10.4 Å². The van der Waals surface area contributed by atoms with E-state index in [2.05, 4.69) is 5.32 Å². The van der Waals surface area contributed by atoms with Crippen LogP contribution < -0.4 is 5.32 Å². The zero-order valence-electron chi connectivity index (χ0n) is 19.9. The Morgan fingerprint density at radius 3 is 1.94 bits per heavy atom. The van der Waals surface area contributed by atoms with E-state index in [9.17, 15) is 27.9 Å². The van der Waals surface area contributed by atoms with Gasteiger partial charge in [0.15, 0.2) is 0 Å². The number of hydrogen-bond donors (Lipinski definition) is 2. The number of carbonyl (C=O) groups is 2. The van der Waals surface area contributed by atoms with Gasteiger partial charge in [-0.15, -0.1) is 0 Å². The Bertz CT molecular complexity index is 1000. The van der Waals surface area contributed by atoms with Crippen LogP contribution in [0.15, 0.2) is 42.5 Å².